The van der Waals surface area contributed by atoms with Gasteiger partial charge < -0.3 is 4.74 Å². The van der Waals surface area contributed by atoms with Crippen molar-refractivity contribution >= 4 is 28.5 Å². The number of ether oxygens (including phenoxy) is 1. The van der Waals surface area contributed by atoms with Crippen LogP contribution >= 0.6 is 11.6 Å². The van der Waals surface area contributed by atoms with Gasteiger partial charge in [0.25, 0.3) is 0 Å². The Morgan fingerprint density at radius 1 is 1.41 bits per heavy atom. The normalized spacial score (nSPS) is 10.5. The van der Waals surface area contributed by atoms with Gasteiger partial charge in [0, 0.05) is 16.1 Å². The van der Waals surface area contributed by atoms with Crippen molar-refractivity contribution in [1.82, 2.24) is 4.98 Å². The maximum atomic E-state index is 11.3. The van der Waals surface area contributed by atoms with Crippen LogP contribution in [-0.2, 0) is 16.0 Å². The van der Waals surface area contributed by atoms with E-state index in [-0.39, 0.29) is 12.4 Å². The van der Waals surface area contributed by atoms with Crippen LogP contribution in [0.15, 0.2) is 24.3 Å². The minimum Gasteiger partial charge on any atom is -0.469 e. The molecule has 0 radical (unpaired) electrons. The number of fused-ring (bicyclic) bond motifs is 1. The van der Waals surface area contributed by atoms with E-state index >= 15 is 0 Å². The molecule has 3 nitrogen and oxygen atoms in total. The van der Waals surface area contributed by atoms with E-state index in [4.69, 9.17) is 11.6 Å². The first-order chi connectivity index (χ1) is 8.10. The Bertz CT molecular complexity index is 576. The molecule has 17 heavy (non-hydrogen) atoms. The van der Waals surface area contributed by atoms with Crippen LogP contribution in [0.25, 0.3) is 10.9 Å². The van der Waals surface area contributed by atoms with E-state index in [9.17, 15) is 4.79 Å². The van der Waals surface area contributed by atoms with Gasteiger partial charge in [-0.15, -0.1) is 0 Å². The molecule has 0 aliphatic heterocycles. The molecular weight excluding hydrogens is 238 g/mol. The van der Waals surface area contributed by atoms with Gasteiger partial charge in [0.15, 0.2) is 0 Å². The van der Waals surface area contributed by atoms with Gasteiger partial charge in [0.2, 0.25) is 0 Å². The van der Waals surface area contributed by atoms with Gasteiger partial charge in [-0.3, -0.25) is 9.78 Å². The number of aromatic nitrogens is 1. The molecule has 0 atom stereocenters. The van der Waals surface area contributed by atoms with E-state index in [0.29, 0.717) is 5.02 Å². The summed E-state index contributed by atoms with van der Waals surface area (Å²) in [6.45, 7) is 1.89. The lowest BCUT2D eigenvalue weighted by molar-refractivity contribution is -0.139. The molecule has 0 saturated heterocycles. The van der Waals surface area contributed by atoms with Gasteiger partial charge in [-0.2, -0.15) is 0 Å². The van der Waals surface area contributed by atoms with Gasteiger partial charge in [-0.1, -0.05) is 17.7 Å². The maximum absolute atomic E-state index is 11.3. The number of hydrogen-bond acceptors (Lipinski definition) is 3. The first-order valence-corrected chi connectivity index (χ1v) is 5.60. The predicted molar refractivity (Wildman–Crippen MR) is 67.2 cm³/mol. The largest absolute Gasteiger partial charge is 0.469 e. The van der Waals surface area contributed by atoms with Crippen LogP contribution in [0.5, 0.6) is 0 Å². The lowest BCUT2D eigenvalue weighted by atomic mass is 10.1. The third kappa shape index (κ3) is 2.56. The quantitative estimate of drug-likeness (QED) is 0.769. The molecule has 1 aromatic carbocycles. The van der Waals surface area contributed by atoms with E-state index < -0.39 is 0 Å². The minimum absolute atomic E-state index is 0.248. The van der Waals surface area contributed by atoms with E-state index in [2.05, 4.69) is 9.72 Å². The lowest BCUT2D eigenvalue weighted by Crippen LogP contribution is -2.05. The number of halogens is 1. The van der Waals surface area contributed by atoms with Crippen LogP contribution < -0.4 is 0 Å². The molecule has 0 bridgehead atoms. The molecule has 1 aromatic heterocycles. The van der Waals surface area contributed by atoms with Crippen LogP contribution in [0, 0.1) is 6.92 Å². The van der Waals surface area contributed by atoms with Gasteiger partial charge in [-0.25, -0.2) is 0 Å². The number of carbonyl (C=O) groups is 1. The highest BCUT2D eigenvalue weighted by Crippen LogP contribution is 2.22. The lowest BCUT2D eigenvalue weighted by Gasteiger charge is -2.07. The zero-order valence-electron chi connectivity index (χ0n) is 9.66. The van der Waals surface area contributed by atoms with Crippen molar-refractivity contribution in [1.29, 1.82) is 0 Å². The Labute approximate surface area is 104 Å². The first-order valence-electron chi connectivity index (χ1n) is 5.23. The molecule has 0 spiro atoms. The Morgan fingerprint density at radius 2 is 2.18 bits per heavy atom. The highest BCUT2D eigenvalue weighted by Gasteiger charge is 2.09. The number of aryl methyl sites for hydroxylation is 1. The zero-order valence-corrected chi connectivity index (χ0v) is 10.4. The Morgan fingerprint density at radius 3 is 2.88 bits per heavy atom. The number of pyridine rings is 1. The molecule has 1 heterocycles. The number of benzene rings is 1. The summed E-state index contributed by atoms with van der Waals surface area (Å²) in [5.41, 5.74) is 2.58. The summed E-state index contributed by atoms with van der Waals surface area (Å²) in [6.07, 6.45) is 0.248. The Hall–Kier alpha value is -1.61. The van der Waals surface area contributed by atoms with Crippen LogP contribution in [0.2, 0.25) is 5.02 Å². The van der Waals surface area contributed by atoms with Crippen molar-refractivity contribution in [2.45, 2.75) is 13.3 Å². The van der Waals surface area contributed by atoms with E-state index in [0.717, 1.165) is 22.2 Å². The van der Waals surface area contributed by atoms with E-state index in [1.807, 2.05) is 19.1 Å². The van der Waals surface area contributed by atoms with Crippen molar-refractivity contribution in [2.24, 2.45) is 0 Å². The average Bonchev–Trinajstić information content (AvgIpc) is 2.27. The second kappa shape index (κ2) is 4.72. The summed E-state index contributed by atoms with van der Waals surface area (Å²) >= 11 is 5.92. The highest BCUT2D eigenvalue weighted by atomic mass is 35.5. The second-order valence-electron chi connectivity index (χ2n) is 3.84. The SMILES string of the molecule is COC(=O)Cc1cc(C)nc2cc(Cl)ccc12. The number of carbonyl (C=O) groups excluding carboxylic acids is 1. The predicted octanol–water partition coefficient (Wildman–Crippen LogP) is 2.91. The summed E-state index contributed by atoms with van der Waals surface area (Å²) in [5.74, 6) is -0.258. The molecule has 0 aliphatic carbocycles. The topological polar surface area (TPSA) is 39.2 Å². The van der Waals surface area contributed by atoms with Crippen molar-refractivity contribution in [3.63, 3.8) is 0 Å². The van der Waals surface area contributed by atoms with Crippen molar-refractivity contribution in [3.8, 4) is 0 Å². The third-order valence-corrected chi connectivity index (χ3v) is 2.78. The number of esters is 1. The third-order valence-electron chi connectivity index (χ3n) is 2.55. The average molecular weight is 250 g/mol. The van der Waals surface area contributed by atoms with E-state index in [1.54, 1.807) is 12.1 Å². The summed E-state index contributed by atoms with van der Waals surface area (Å²) in [6, 6.07) is 7.36. The number of methoxy groups -OCH3 is 1. The smallest absolute Gasteiger partial charge is 0.310 e. The fraction of sp³-hybridized carbons (Fsp3) is 0.231. The molecule has 0 aliphatic rings. The zero-order chi connectivity index (χ0) is 12.4. The van der Waals surface area contributed by atoms with Crippen LogP contribution in [0.4, 0.5) is 0 Å². The summed E-state index contributed by atoms with van der Waals surface area (Å²) < 4.78 is 4.68. The number of rotatable bonds is 2. The molecule has 4 heteroatoms. The van der Waals surface area contributed by atoms with E-state index in [1.165, 1.54) is 7.11 Å². The molecule has 0 saturated carbocycles. The number of hydrogen-bond donors (Lipinski definition) is 0. The van der Waals surface area contributed by atoms with Gasteiger partial charge in [0.1, 0.15) is 0 Å². The summed E-state index contributed by atoms with van der Waals surface area (Å²) in [5, 5.41) is 1.57. The fourth-order valence-electron chi connectivity index (χ4n) is 1.79. The van der Waals surface area contributed by atoms with Crippen molar-refractivity contribution in [3.05, 3.63) is 40.5 Å². The minimum atomic E-state index is -0.258. The maximum Gasteiger partial charge on any atom is 0.310 e. The first kappa shape index (κ1) is 11.9. The highest BCUT2D eigenvalue weighted by molar-refractivity contribution is 6.31. The molecule has 0 unspecified atom stereocenters. The van der Waals surface area contributed by atoms with Crippen molar-refractivity contribution in [2.75, 3.05) is 7.11 Å². The molecule has 2 rings (SSSR count). The summed E-state index contributed by atoms with van der Waals surface area (Å²) in [7, 11) is 1.38. The number of nitrogens with zero attached hydrogens (tertiary/aromatic N) is 1. The Kier molecular flexibility index (Phi) is 3.29. The molecule has 0 amide bonds. The van der Waals surface area contributed by atoms with Gasteiger partial charge >= 0.3 is 5.97 Å². The van der Waals surface area contributed by atoms with Gasteiger partial charge in [-0.05, 0) is 30.7 Å². The summed E-state index contributed by atoms with van der Waals surface area (Å²) in [4.78, 5) is 15.7. The van der Waals surface area contributed by atoms with Crippen LogP contribution in [0.3, 0.4) is 0 Å². The fourth-order valence-corrected chi connectivity index (χ4v) is 1.96. The standard InChI is InChI=1S/C13H12ClNO2/c1-8-5-9(6-13(16)17-2)11-4-3-10(14)7-12(11)15-8/h3-5,7H,6H2,1-2H3. The Balaban J connectivity index is 2.57. The molecule has 0 N–H and O–H groups in total. The van der Waals surface area contributed by atoms with Crippen LogP contribution in [-0.4, -0.2) is 18.1 Å². The molecular formula is C13H12ClNO2. The molecule has 2 aromatic rings. The molecule has 88 valence electrons. The van der Waals surface area contributed by atoms with Crippen molar-refractivity contribution < 1.29 is 9.53 Å². The monoisotopic (exact) mass is 249 g/mol. The second-order valence-corrected chi connectivity index (χ2v) is 4.27. The van der Waals surface area contributed by atoms with Crippen LogP contribution in [0.1, 0.15) is 11.3 Å². The van der Waals surface area contributed by atoms with Gasteiger partial charge in [0.05, 0.1) is 19.0 Å². The molecule has 0 fully saturated rings.